The molecule has 1 atom stereocenters. The van der Waals surface area contributed by atoms with Crippen molar-refractivity contribution < 1.29 is 14.6 Å². The van der Waals surface area contributed by atoms with Gasteiger partial charge in [-0.2, -0.15) is 0 Å². The lowest BCUT2D eigenvalue weighted by Gasteiger charge is -2.24. The van der Waals surface area contributed by atoms with Gasteiger partial charge in [-0.1, -0.05) is 11.6 Å². The lowest BCUT2D eigenvalue weighted by molar-refractivity contribution is -0.144. The molecule has 0 spiro atoms. The summed E-state index contributed by atoms with van der Waals surface area (Å²) < 4.78 is 5.23. The molecule has 1 heterocycles. The predicted molar refractivity (Wildman–Crippen MR) is 59.2 cm³/mol. The summed E-state index contributed by atoms with van der Waals surface area (Å²) in [5, 5.41) is 12.3. The Balaban J connectivity index is 0.00000112. The van der Waals surface area contributed by atoms with Crippen molar-refractivity contribution in [1.82, 2.24) is 0 Å². The van der Waals surface area contributed by atoms with Gasteiger partial charge in [0.05, 0.1) is 12.2 Å². The molecule has 1 aromatic carbocycles. The summed E-state index contributed by atoms with van der Waals surface area (Å²) in [6.07, 6.45) is -0.830. The molecule has 0 bridgehead atoms. The van der Waals surface area contributed by atoms with Crippen LogP contribution >= 0.6 is 24.0 Å². The fraction of sp³-hybridized carbons (Fsp3) is 0.222. The van der Waals surface area contributed by atoms with Crippen LogP contribution in [0.5, 0.6) is 5.75 Å². The number of hydrogen-bond donors (Lipinski definition) is 2. The highest BCUT2D eigenvalue weighted by molar-refractivity contribution is 6.30. The standard InChI is InChI=1S/C9H8ClNO3.ClH/c10-5-1-2-7-6(3-5)11-4-8(14-7)9(12)13;/h1-3,8,11H,4H2,(H,12,13);1H. The van der Waals surface area contributed by atoms with Crippen LogP contribution in [-0.4, -0.2) is 23.7 Å². The van der Waals surface area contributed by atoms with Crippen LogP contribution in [0.15, 0.2) is 18.2 Å². The number of nitrogens with one attached hydrogen (secondary N) is 1. The molecular weight excluding hydrogens is 241 g/mol. The largest absolute Gasteiger partial charge is 0.478 e. The third kappa shape index (κ3) is 2.46. The lowest BCUT2D eigenvalue weighted by atomic mass is 10.2. The van der Waals surface area contributed by atoms with E-state index >= 15 is 0 Å². The van der Waals surface area contributed by atoms with Crippen LogP contribution in [0.1, 0.15) is 0 Å². The molecule has 0 amide bonds. The fourth-order valence-electron chi connectivity index (χ4n) is 1.28. The molecule has 0 fully saturated rings. The quantitative estimate of drug-likeness (QED) is 0.800. The highest BCUT2D eigenvalue weighted by atomic mass is 35.5. The first kappa shape index (κ1) is 11.9. The maximum atomic E-state index is 10.6. The van der Waals surface area contributed by atoms with E-state index in [4.69, 9.17) is 21.4 Å². The Labute approximate surface area is 97.6 Å². The summed E-state index contributed by atoms with van der Waals surface area (Å²) in [4.78, 5) is 10.6. The van der Waals surface area contributed by atoms with Crippen molar-refractivity contribution in [2.45, 2.75) is 6.10 Å². The minimum Gasteiger partial charge on any atom is -0.478 e. The molecule has 0 saturated carbocycles. The Bertz CT molecular complexity index is 384. The third-order valence-corrected chi connectivity index (χ3v) is 2.20. The van der Waals surface area contributed by atoms with Crippen LogP contribution in [0.2, 0.25) is 5.02 Å². The number of aliphatic carboxylic acids is 1. The van der Waals surface area contributed by atoms with Gasteiger partial charge in [-0.05, 0) is 18.2 Å². The number of hydrogen-bond acceptors (Lipinski definition) is 3. The van der Waals surface area contributed by atoms with Crippen molar-refractivity contribution in [3.63, 3.8) is 0 Å². The molecule has 1 aliphatic rings. The van der Waals surface area contributed by atoms with Crippen molar-refractivity contribution in [1.29, 1.82) is 0 Å². The van der Waals surface area contributed by atoms with Gasteiger partial charge in [0.15, 0.2) is 0 Å². The average molecular weight is 250 g/mol. The zero-order valence-corrected chi connectivity index (χ0v) is 9.14. The van der Waals surface area contributed by atoms with Gasteiger partial charge in [0.2, 0.25) is 6.10 Å². The minimum absolute atomic E-state index is 0. The Morgan fingerprint density at radius 3 is 3.00 bits per heavy atom. The summed E-state index contributed by atoms with van der Waals surface area (Å²) in [5.41, 5.74) is 0.731. The number of anilines is 1. The highest BCUT2D eigenvalue weighted by Gasteiger charge is 2.25. The maximum Gasteiger partial charge on any atom is 0.346 e. The molecule has 0 aliphatic carbocycles. The van der Waals surface area contributed by atoms with Crippen molar-refractivity contribution in [3.05, 3.63) is 23.2 Å². The fourth-order valence-corrected chi connectivity index (χ4v) is 1.45. The SMILES string of the molecule is Cl.O=C(O)C1CNc2cc(Cl)ccc2O1. The normalized spacial score (nSPS) is 17.8. The lowest BCUT2D eigenvalue weighted by Crippen LogP contribution is -2.37. The Morgan fingerprint density at radius 1 is 1.60 bits per heavy atom. The van der Waals surface area contributed by atoms with Gasteiger partial charge in [0.1, 0.15) is 5.75 Å². The number of halogens is 2. The molecule has 82 valence electrons. The van der Waals surface area contributed by atoms with E-state index in [0.717, 1.165) is 5.69 Å². The van der Waals surface area contributed by atoms with Crippen LogP contribution in [0.3, 0.4) is 0 Å². The summed E-state index contributed by atoms with van der Waals surface area (Å²) in [5.74, 6) is -0.453. The van der Waals surface area contributed by atoms with E-state index in [1.54, 1.807) is 18.2 Å². The number of ether oxygens (including phenoxy) is 1. The number of carboxylic acids is 1. The van der Waals surface area contributed by atoms with E-state index < -0.39 is 12.1 Å². The van der Waals surface area contributed by atoms with Gasteiger partial charge >= 0.3 is 5.97 Å². The Morgan fingerprint density at radius 2 is 2.33 bits per heavy atom. The third-order valence-electron chi connectivity index (χ3n) is 1.96. The molecule has 6 heteroatoms. The summed E-state index contributed by atoms with van der Waals surface area (Å²) in [7, 11) is 0. The average Bonchev–Trinajstić information content (AvgIpc) is 2.16. The van der Waals surface area contributed by atoms with E-state index in [0.29, 0.717) is 10.8 Å². The van der Waals surface area contributed by atoms with Crippen molar-refractivity contribution in [2.24, 2.45) is 0 Å². The Hall–Kier alpha value is -1.13. The summed E-state index contributed by atoms with van der Waals surface area (Å²) >= 11 is 5.76. The van der Waals surface area contributed by atoms with Crippen LogP contribution in [0, 0.1) is 0 Å². The molecular formula is C9H9Cl2NO3. The highest BCUT2D eigenvalue weighted by Crippen LogP contribution is 2.31. The monoisotopic (exact) mass is 249 g/mol. The number of benzene rings is 1. The smallest absolute Gasteiger partial charge is 0.346 e. The number of rotatable bonds is 1. The maximum absolute atomic E-state index is 10.6. The second-order valence-electron chi connectivity index (χ2n) is 2.97. The zero-order chi connectivity index (χ0) is 10.1. The topological polar surface area (TPSA) is 58.6 Å². The van der Waals surface area contributed by atoms with Crippen molar-refractivity contribution in [3.8, 4) is 5.75 Å². The van der Waals surface area contributed by atoms with Gasteiger partial charge < -0.3 is 15.2 Å². The molecule has 1 aromatic rings. The molecule has 1 unspecified atom stereocenters. The van der Waals surface area contributed by atoms with Crippen LogP contribution in [0.4, 0.5) is 5.69 Å². The number of fused-ring (bicyclic) bond motifs is 1. The van der Waals surface area contributed by atoms with E-state index in [-0.39, 0.29) is 19.0 Å². The summed E-state index contributed by atoms with van der Waals surface area (Å²) in [6, 6.07) is 5.01. The zero-order valence-electron chi connectivity index (χ0n) is 7.57. The minimum atomic E-state index is -0.974. The number of carbonyl (C=O) groups is 1. The van der Waals surface area contributed by atoms with E-state index in [9.17, 15) is 4.79 Å². The first-order chi connectivity index (χ1) is 6.66. The first-order valence-corrected chi connectivity index (χ1v) is 4.47. The van der Waals surface area contributed by atoms with Gasteiger partial charge in [0, 0.05) is 5.02 Å². The van der Waals surface area contributed by atoms with Gasteiger partial charge in [-0.15, -0.1) is 12.4 Å². The first-order valence-electron chi connectivity index (χ1n) is 4.10. The number of carboxylic acid groups (broad SMARTS) is 1. The molecule has 0 saturated heterocycles. The molecule has 2 rings (SSSR count). The molecule has 4 nitrogen and oxygen atoms in total. The molecule has 15 heavy (non-hydrogen) atoms. The second-order valence-corrected chi connectivity index (χ2v) is 3.40. The second kappa shape index (κ2) is 4.59. The van der Waals surface area contributed by atoms with E-state index in [1.807, 2.05) is 0 Å². The van der Waals surface area contributed by atoms with Gasteiger partial charge in [0.25, 0.3) is 0 Å². The van der Waals surface area contributed by atoms with Crippen LogP contribution < -0.4 is 10.1 Å². The molecule has 0 radical (unpaired) electrons. The van der Waals surface area contributed by atoms with E-state index in [2.05, 4.69) is 5.32 Å². The predicted octanol–water partition coefficient (Wildman–Crippen LogP) is 2.02. The van der Waals surface area contributed by atoms with Crippen LogP contribution in [0.25, 0.3) is 0 Å². The van der Waals surface area contributed by atoms with E-state index in [1.165, 1.54) is 0 Å². The molecule has 1 aliphatic heterocycles. The molecule has 2 N–H and O–H groups in total. The van der Waals surface area contributed by atoms with Crippen molar-refractivity contribution in [2.75, 3.05) is 11.9 Å². The Kier molecular flexibility index (Phi) is 3.66. The molecule has 0 aromatic heterocycles. The van der Waals surface area contributed by atoms with Gasteiger partial charge in [-0.3, -0.25) is 0 Å². The van der Waals surface area contributed by atoms with Gasteiger partial charge in [-0.25, -0.2) is 4.79 Å². The van der Waals surface area contributed by atoms with Crippen LogP contribution in [-0.2, 0) is 4.79 Å². The summed E-state index contributed by atoms with van der Waals surface area (Å²) in [6.45, 7) is 0.253. The van der Waals surface area contributed by atoms with Crippen molar-refractivity contribution >= 4 is 35.7 Å².